The molecule has 7 aromatic rings. The highest BCUT2D eigenvalue weighted by molar-refractivity contribution is 6.09. The average Bonchev–Trinajstić information content (AvgIpc) is 3.63. The number of hydrogen-bond donors (Lipinski definition) is 0. The second-order valence-corrected chi connectivity index (χ2v) is 15.1. The summed E-state index contributed by atoms with van der Waals surface area (Å²) in [5.41, 5.74) is 12.1. The summed E-state index contributed by atoms with van der Waals surface area (Å²) in [6.07, 6.45) is 6.04. The Balaban J connectivity index is 1.28. The van der Waals surface area contributed by atoms with Crippen LogP contribution in [0, 0.1) is 20.8 Å². The molecule has 3 heterocycles. The lowest BCUT2D eigenvalue weighted by atomic mass is 9.71. The van der Waals surface area contributed by atoms with Crippen molar-refractivity contribution in [1.82, 2.24) is 19.3 Å². The molecule has 0 saturated carbocycles. The summed E-state index contributed by atoms with van der Waals surface area (Å²) >= 11 is 0. The Hall–Kier alpha value is -5.16. The zero-order chi connectivity index (χ0) is 34.0. The summed E-state index contributed by atoms with van der Waals surface area (Å²) < 4.78 is 10.7. The lowest BCUT2D eigenvalue weighted by Gasteiger charge is -2.33. The Morgan fingerprint density at radius 2 is 1.33 bits per heavy atom. The van der Waals surface area contributed by atoms with E-state index >= 15 is 0 Å². The van der Waals surface area contributed by atoms with Crippen LogP contribution >= 0.6 is 0 Å². The number of ether oxygens (including phenoxy) is 1. The molecule has 4 aromatic carbocycles. The minimum atomic E-state index is -0.0226. The maximum Gasteiger partial charge on any atom is 0.137 e. The zero-order valence-electron chi connectivity index (χ0n) is 29.5. The third kappa shape index (κ3) is 5.57. The van der Waals surface area contributed by atoms with E-state index in [1.165, 1.54) is 38.8 Å². The maximum absolute atomic E-state index is 6.53. The quantitative estimate of drug-likeness (QED) is 0.190. The number of aromatic nitrogens is 4. The van der Waals surface area contributed by atoms with Crippen LogP contribution in [-0.2, 0) is 10.8 Å². The fraction of sp³-hybridized carbons (Fsp3) is 0.256. The van der Waals surface area contributed by atoms with Gasteiger partial charge >= 0.3 is 0 Å². The van der Waals surface area contributed by atoms with E-state index in [-0.39, 0.29) is 10.8 Å². The number of fused-ring (bicyclic) bond motifs is 3. The van der Waals surface area contributed by atoms with Gasteiger partial charge < -0.3 is 4.74 Å². The van der Waals surface area contributed by atoms with Gasteiger partial charge in [-0.25, -0.2) is 9.67 Å². The van der Waals surface area contributed by atoms with Gasteiger partial charge in [-0.1, -0.05) is 71.9 Å². The molecule has 7 rings (SSSR count). The van der Waals surface area contributed by atoms with Gasteiger partial charge in [0.05, 0.1) is 22.9 Å². The van der Waals surface area contributed by atoms with E-state index in [0.29, 0.717) is 0 Å². The van der Waals surface area contributed by atoms with Crippen LogP contribution in [-0.4, -0.2) is 19.3 Å². The molecule has 0 N–H and O–H groups in total. The Kier molecular flexibility index (Phi) is 7.54. The molecule has 0 aliphatic heterocycles. The molecule has 0 bridgehead atoms. The summed E-state index contributed by atoms with van der Waals surface area (Å²) in [6, 6.07) is 29.4. The molecule has 48 heavy (non-hydrogen) atoms. The van der Waals surface area contributed by atoms with Crippen molar-refractivity contribution in [2.45, 2.75) is 73.1 Å². The first-order valence-corrected chi connectivity index (χ1v) is 16.7. The number of rotatable bonds is 5. The molecule has 0 saturated heterocycles. The normalized spacial score (nSPS) is 12.3. The minimum Gasteiger partial charge on any atom is -0.457 e. The third-order valence-electron chi connectivity index (χ3n) is 9.19. The van der Waals surface area contributed by atoms with Gasteiger partial charge in [-0.15, -0.1) is 0 Å². The lowest BCUT2D eigenvalue weighted by molar-refractivity contribution is 0.483. The first kappa shape index (κ1) is 31.4. The average molecular weight is 633 g/mol. The lowest BCUT2D eigenvalue weighted by Crippen LogP contribution is -2.22. The smallest absolute Gasteiger partial charge is 0.137 e. The first-order chi connectivity index (χ1) is 22.8. The number of para-hydroxylation sites is 1. The molecule has 5 nitrogen and oxygen atoms in total. The van der Waals surface area contributed by atoms with Gasteiger partial charge in [-0.3, -0.25) is 4.57 Å². The summed E-state index contributed by atoms with van der Waals surface area (Å²) in [7, 11) is 0. The van der Waals surface area contributed by atoms with Crippen molar-refractivity contribution in [3.63, 3.8) is 0 Å². The van der Waals surface area contributed by atoms with E-state index < -0.39 is 0 Å². The van der Waals surface area contributed by atoms with Crippen molar-refractivity contribution in [2.24, 2.45) is 0 Å². The number of pyridine rings is 1. The summed E-state index contributed by atoms with van der Waals surface area (Å²) in [5.74, 6) is 2.40. The van der Waals surface area contributed by atoms with Gasteiger partial charge in [0, 0.05) is 40.9 Å². The van der Waals surface area contributed by atoms with Crippen molar-refractivity contribution < 1.29 is 4.74 Å². The summed E-state index contributed by atoms with van der Waals surface area (Å²) in [5, 5.41) is 7.23. The van der Waals surface area contributed by atoms with Crippen molar-refractivity contribution in [3.8, 4) is 34.1 Å². The van der Waals surface area contributed by atoms with Gasteiger partial charge in [0.25, 0.3) is 0 Å². The monoisotopic (exact) mass is 632 g/mol. The molecule has 242 valence electrons. The highest BCUT2D eigenvalue weighted by Gasteiger charge is 2.30. The van der Waals surface area contributed by atoms with Crippen LogP contribution in [0.5, 0.6) is 11.5 Å². The van der Waals surface area contributed by atoms with Crippen LogP contribution in [0.4, 0.5) is 0 Å². The molecular weight excluding hydrogens is 589 g/mol. The topological polar surface area (TPSA) is 44.9 Å². The zero-order valence-corrected chi connectivity index (χ0v) is 29.5. The maximum atomic E-state index is 6.53. The second-order valence-electron chi connectivity index (χ2n) is 15.1. The van der Waals surface area contributed by atoms with Gasteiger partial charge in [0.15, 0.2) is 0 Å². The number of nitrogens with zero attached hydrogens (tertiary/aromatic N) is 4. The molecule has 0 amide bonds. The predicted octanol–water partition coefficient (Wildman–Crippen LogP) is 11.3. The van der Waals surface area contributed by atoms with E-state index in [0.717, 1.165) is 45.0 Å². The van der Waals surface area contributed by atoms with Crippen LogP contribution < -0.4 is 4.74 Å². The highest BCUT2D eigenvalue weighted by Crippen LogP contribution is 2.44. The van der Waals surface area contributed by atoms with Crippen molar-refractivity contribution in [3.05, 3.63) is 131 Å². The van der Waals surface area contributed by atoms with Crippen LogP contribution in [0.25, 0.3) is 44.4 Å². The first-order valence-electron chi connectivity index (χ1n) is 16.7. The molecule has 0 aliphatic carbocycles. The minimum absolute atomic E-state index is 0.0226. The van der Waals surface area contributed by atoms with E-state index in [4.69, 9.17) is 14.8 Å². The van der Waals surface area contributed by atoms with Gasteiger partial charge in [-0.2, -0.15) is 5.10 Å². The van der Waals surface area contributed by atoms with E-state index in [1.807, 2.05) is 41.3 Å². The van der Waals surface area contributed by atoms with E-state index in [2.05, 4.69) is 134 Å². The second kappa shape index (κ2) is 11.5. The molecule has 0 aliphatic rings. The number of aryl methyl sites for hydroxylation is 3. The van der Waals surface area contributed by atoms with Crippen molar-refractivity contribution in [1.29, 1.82) is 0 Å². The fourth-order valence-corrected chi connectivity index (χ4v) is 7.53. The summed E-state index contributed by atoms with van der Waals surface area (Å²) in [6.45, 7) is 20.4. The van der Waals surface area contributed by atoms with E-state index in [9.17, 15) is 0 Å². The Morgan fingerprint density at radius 1 is 0.646 bits per heavy atom. The van der Waals surface area contributed by atoms with Crippen LogP contribution in [0.3, 0.4) is 0 Å². The van der Waals surface area contributed by atoms with Gasteiger partial charge in [0.1, 0.15) is 17.3 Å². The molecule has 0 fully saturated rings. The third-order valence-corrected chi connectivity index (χ3v) is 9.19. The molecule has 0 spiro atoms. The molecule has 0 atom stereocenters. The number of hydrogen-bond acceptors (Lipinski definition) is 3. The Bertz CT molecular complexity index is 2290. The molecular formula is C43H44N4O. The predicted molar refractivity (Wildman–Crippen MR) is 199 cm³/mol. The van der Waals surface area contributed by atoms with Crippen molar-refractivity contribution >= 4 is 21.8 Å². The van der Waals surface area contributed by atoms with Gasteiger partial charge in [0.2, 0.25) is 0 Å². The molecule has 3 aromatic heterocycles. The largest absolute Gasteiger partial charge is 0.457 e. The van der Waals surface area contributed by atoms with Crippen LogP contribution in [0.1, 0.15) is 69.4 Å². The van der Waals surface area contributed by atoms with Gasteiger partial charge in [-0.05, 0) is 107 Å². The Morgan fingerprint density at radius 3 is 2.04 bits per heavy atom. The summed E-state index contributed by atoms with van der Waals surface area (Å²) in [4.78, 5) is 4.72. The molecule has 0 unspecified atom stereocenters. The highest BCUT2D eigenvalue weighted by atomic mass is 16.5. The van der Waals surface area contributed by atoms with Crippen LogP contribution in [0.2, 0.25) is 0 Å². The fourth-order valence-electron chi connectivity index (χ4n) is 7.53. The van der Waals surface area contributed by atoms with Crippen molar-refractivity contribution in [2.75, 3.05) is 0 Å². The molecule has 0 radical (unpaired) electrons. The van der Waals surface area contributed by atoms with E-state index in [1.54, 1.807) is 0 Å². The number of benzene rings is 4. The Labute approximate surface area is 283 Å². The molecule has 5 heteroatoms. The standard InChI is InChI=1S/C43H44N4O/c1-27-19-20-44-38(21-27)47-36-16-11-10-15-34(36)35-18-17-33(24-37(35)47)48-32-14-12-13-31(23-32)46-26-30(25-45-46)39-40(42(4,5)6)28(2)22-29(3)41(39)43(7,8)9/h10-26H,1-9H3. The van der Waals surface area contributed by atoms with Crippen LogP contribution in [0.15, 0.2) is 104 Å². The SMILES string of the molecule is Cc1ccnc(-n2c3ccccc3c3ccc(Oc4cccc(-n5cc(-c6c(C(C)(C)C)c(C)cc(C)c6C(C)(C)C)cn5)c4)cc32)c1.